The van der Waals surface area contributed by atoms with Gasteiger partial charge in [0.15, 0.2) is 0 Å². The van der Waals surface area contributed by atoms with Crippen LogP contribution in [0.25, 0.3) is 0 Å². The van der Waals surface area contributed by atoms with Gasteiger partial charge >= 0.3 is 0 Å². The van der Waals surface area contributed by atoms with E-state index < -0.39 is 5.41 Å². The van der Waals surface area contributed by atoms with Crippen LogP contribution in [-0.4, -0.2) is 16.7 Å². The van der Waals surface area contributed by atoms with Crippen molar-refractivity contribution < 1.29 is 9.59 Å². The second-order valence-corrected chi connectivity index (χ2v) is 7.44. The number of hydrogen-bond donors (Lipinski definition) is 0. The van der Waals surface area contributed by atoms with Crippen molar-refractivity contribution in [2.24, 2.45) is 5.41 Å². The summed E-state index contributed by atoms with van der Waals surface area (Å²) in [6.07, 6.45) is 0.951. The maximum atomic E-state index is 12.9. The standard InChI is InChI=1S/C19H15Cl2NO2/c20-14-6-13(7-15(21)8-14)16-9-19(16)10-17(23)22(18(19)24)11-12-4-2-1-3-5-12/h1-8,16H,9-11H2. The Morgan fingerprint density at radius 2 is 1.71 bits per heavy atom. The molecular formula is C19H15Cl2NO2. The second-order valence-electron chi connectivity index (χ2n) is 6.56. The zero-order valence-corrected chi connectivity index (χ0v) is 14.3. The van der Waals surface area contributed by atoms with Crippen LogP contribution in [0.3, 0.4) is 0 Å². The molecule has 0 radical (unpaired) electrons. The number of carbonyl (C=O) groups is 2. The molecule has 3 nitrogen and oxygen atoms in total. The van der Waals surface area contributed by atoms with Gasteiger partial charge in [0.2, 0.25) is 11.8 Å². The molecule has 2 aromatic carbocycles. The first-order valence-electron chi connectivity index (χ1n) is 7.84. The van der Waals surface area contributed by atoms with Crippen LogP contribution in [0.5, 0.6) is 0 Å². The monoisotopic (exact) mass is 359 g/mol. The minimum Gasteiger partial charge on any atom is -0.278 e. The van der Waals surface area contributed by atoms with Crippen molar-refractivity contribution in [3.63, 3.8) is 0 Å². The number of amides is 2. The largest absolute Gasteiger partial charge is 0.278 e. The minimum atomic E-state index is -0.597. The smallest absolute Gasteiger partial charge is 0.236 e. The third-order valence-electron chi connectivity index (χ3n) is 4.98. The molecule has 122 valence electrons. The summed E-state index contributed by atoms with van der Waals surface area (Å²) in [6.45, 7) is 0.337. The van der Waals surface area contributed by atoms with Gasteiger partial charge in [-0.15, -0.1) is 0 Å². The van der Waals surface area contributed by atoms with Crippen LogP contribution in [0.1, 0.15) is 29.9 Å². The summed E-state index contributed by atoms with van der Waals surface area (Å²) in [5.74, 6) is -0.150. The van der Waals surface area contributed by atoms with Crippen LogP contribution in [0.2, 0.25) is 10.0 Å². The van der Waals surface area contributed by atoms with Crippen LogP contribution >= 0.6 is 23.2 Å². The lowest BCUT2D eigenvalue weighted by Gasteiger charge is -2.15. The number of hydrogen-bond acceptors (Lipinski definition) is 2. The number of carbonyl (C=O) groups excluding carboxylic acids is 2. The molecule has 2 aliphatic rings. The summed E-state index contributed by atoms with van der Waals surface area (Å²) in [5, 5.41) is 1.11. The van der Waals surface area contributed by atoms with E-state index in [1.807, 2.05) is 42.5 Å². The Kier molecular flexibility index (Phi) is 3.66. The van der Waals surface area contributed by atoms with Crippen LogP contribution < -0.4 is 0 Å². The Hall–Kier alpha value is -1.84. The van der Waals surface area contributed by atoms with Crippen molar-refractivity contribution in [3.8, 4) is 0 Å². The number of nitrogens with zero attached hydrogens (tertiary/aromatic N) is 1. The molecule has 2 atom stereocenters. The maximum absolute atomic E-state index is 12.9. The Morgan fingerprint density at radius 3 is 2.38 bits per heavy atom. The second kappa shape index (κ2) is 5.61. The van der Waals surface area contributed by atoms with Gasteiger partial charge in [0.1, 0.15) is 0 Å². The molecule has 0 bridgehead atoms. The number of likely N-dealkylation sites (tertiary alicyclic amines) is 1. The molecule has 2 fully saturated rings. The highest BCUT2D eigenvalue weighted by atomic mass is 35.5. The van der Waals surface area contributed by atoms with E-state index in [0.29, 0.717) is 23.0 Å². The zero-order valence-electron chi connectivity index (χ0n) is 12.8. The Morgan fingerprint density at radius 1 is 1.04 bits per heavy atom. The summed E-state index contributed by atoms with van der Waals surface area (Å²) in [5.41, 5.74) is 1.30. The Labute approximate surface area is 150 Å². The number of halogens is 2. The predicted octanol–water partition coefficient (Wildman–Crippen LogP) is 4.43. The molecule has 1 heterocycles. The predicted molar refractivity (Wildman–Crippen MR) is 92.9 cm³/mol. The van der Waals surface area contributed by atoms with Crippen molar-refractivity contribution in [3.05, 3.63) is 69.7 Å². The molecule has 0 aromatic heterocycles. The first kappa shape index (κ1) is 15.7. The van der Waals surface area contributed by atoms with Gasteiger partial charge in [-0.1, -0.05) is 53.5 Å². The molecule has 2 aromatic rings. The van der Waals surface area contributed by atoms with Crippen molar-refractivity contribution in [2.45, 2.75) is 25.3 Å². The summed E-state index contributed by atoms with van der Waals surface area (Å²) in [4.78, 5) is 26.7. The fourth-order valence-corrected chi connectivity index (χ4v) is 4.24. The quantitative estimate of drug-likeness (QED) is 0.760. The summed E-state index contributed by atoms with van der Waals surface area (Å²) in [6, 6.07) is 14.9. The molecule has 1 aliphatic carbocycles. The van der Waals surface area contributed by atoms with Crippen LogP contribution in [0, 0.1) is 5.41 Å². The first-order valence-corrected chi connectivity index (χ1v) is 8.60. The molecule has 2 unspecified atom stereocenters. The van der Waals surface area contributed by atoms with Crippen LogP contribution in [0.15, 0.2) is 48.5 Å². The van der Waals surface area contributed by atoms with Gasteiger partial charge in [-0.05, 0) is 35.7 Å². The van der Waals surface area contributed by atoms with Crippen LogP contribution in [0.4, 0.5) is 0 Å². The third kappa shape index (κ3) is 2.52. The van der Waals surface area contributed by atoms with Gasteiger partial charge in [0, 0.05) is 22.4 Å². The topological polar surface area (TPSA) is 37.4 Å². The molecule has 2 amide bonds. The lowest BCUT2D eigenvalue weighted by molar-refractivity contribution is -0.140. The van der Waals surface area contributed by atoms with Gasteiger partial charge < -0.3 is 0 Å². The molecule has 1 spiro atoms. The summed E-state index contributed by atoms with van der Waals surface area (Å²) >= 11 is 12.1. The number of imide groups is 1. The molecular weight excluding hydrogens is 345 g/mol. The van der Waals surface area contributed by atoms with E-state index in [2.05, 4.69) is 0 Å². The van der Waals surface area contributed by atoms with E-state index in [0.717, 1.165) is 11.1 Å². The van der Waals surface area contributed by atoms with E-state index >= 15 is 0 Å². The van der Waals surface area contributed by atoms with Gasteiger partial charge in [0.25, 0.3) is 0 Å². The Balaban J connectivity index is 1.58. The number of rotatable bonds is 3. The summed E-state index contributed by atoms with van der Waals surface area (Å²) in [7, 11) is 0. The highest BCUT2D eigenvalue weighted by Crippen LogP contribution is 2.65. The molecule has 1 saturated carbocycles. The van der Waals surface area contributed by atoms with E-state index in [9.17, 15) is 9.59 Å². The molecule has 1 aliphatic heterocycles. The molecule has 1 saturated heterocycles. The average Bonchev–Trinajstić information content (AvgIpc) is 3.22. The number of benzene rings is 2. The highest BCUT2D eigenvalue weighted by molar-refractivity contribution is 6.34. The van der Waals surface area contributed by atoms with E-state index in [4.69, 9.17) is 23.2 Å². The lowest BCUT2D eigenvalue weighted by Crippen LogP contribution is -2.30. The lowest BCUT2D eigenvalue weighted by atomic mass is 9.97. The first-order chi connectivity index (χ1) is 11.5. The molecule has 4 rings (SSSR count). The molecule has 0 N–H and O–H groups in total. The van der Waals surface area contributed by atoms with Gasteiger partial charge in [0.05, 0.1) is 12.0 Å². The van der Waals surface area contributed by atoms with Gasteiger partial charge in [-0.3, -0.25) is 14.5 Å². The third-order valence-corrected chi connectivity index (χ3v) is 5.42. The summed E-state index contributed by atoms with van der Waals surface area (Å²) < 4.78 is 0. The molecule has 5 heteroatoms. The fraction of sp³-hybridized carbons (Fsp3) is 0.263. The SMILES string of the molecule is O=C1CC2(CC2c2cc(Cl)cc(Cl)c2)C(=O)N1Cc1ccccc1. The van der Waals surface area contributed by atoms with Gasteiger partial charge in [-0.25, -0.2) is 0 Å². The van der Waals surface area contributed by atoms with Crippen molar-refractivity contribution in [2.75, 3.05) is 0 Å². The average molecular weight is 360 g/mol. The van der Waals surface area contributed by atoms with E-state index in [-0.39, 0.29) is 24.2 Å². The van der Waals surface area contributed by atoms with E-state index in [1.165, 1.54) is 4.90 Å². The van der Waals surface area contributed by atoms with Crippen molar-refractivity contribution in [1.29, 1.82) is 0 Å². The zero-order chi connectivity index (χ0) is 16.9. The maximum Gasteiger partial charge on any atom is 0.236 e. The fourth-order valence-electron chi connectivity index (χ4n) is 3.70. The normalized spacial score (nSPS) is 25.6. The highest BCUT2D eigenvalue weighted by Gasteiger charge is 2.67. The van der Waals surface area contributed by atoms with Crippen molar-refractivity contribution in [1.82, 2.24) is 4.90 Å². The minimum absolute atomic E-state index is 0.0194. The molecule has 24 heavy (non-hydrogen) atoms. The van der Waals surface area contributed by atoms with Crippen molar-refractivity contribution >= 4 is 35.0 Å². The van der Waals surface area contributed by atoms with Crippen LogP contribution in [-0.2, 0) is 16.1 Å². The Bertz CT molecular complexity index is 816. The van der Waals surface area contributed by atoms with E-state index in [1.54, 1.807) is 6.07 Å². The van der Waals surface area contributed by atoms with Gasteiger partial charge in [-0.2, -0.15) is 0 Å².